The van der Waals surface area contributed by atoms with E-state index >= 15 is 0 Å². The van der Waals surface area contributed by atoms with Crippen LogP contribution in [0.2, 0.25) is 0 Å². The molecule has 0 aliphatic heterocycles. The summed E-state index contributed by atoms with van der Waals surface area (Å²) < 4.78 is 103. The average Bonchev–Trinajstić information content (AvgIpc) is 3.76. The van der Waals surface area contributed by atoms with Crippen LogP contribution in [0.3, 0.4) is 0 Å². The fourth-order valence-corrected chi connectivity index (χ4v) is 9.16. The average molecular weight is 1150 g/mol. The molecular weight excluding hydrogens is 1090 g/mol. The third-order valence-corrected chi connectivity index (χ3v) is 13.2. The Bertz CT molecular complexity index is 3040. The fraction of sp³-hybridized carbons (Fsp3) is 0.317. The molecule has 0 radical (unpaired) electrons. The van der Waals surface area contributed by atoms with Crippen molar-refractivity contribution in [3.63, 3.8) is 0 Å². The maximum absolute atomic E-state index is 13.6. The van der Waals surface area contributed by atoms with Crippen molar-refractivity contribution in [3.05, 3.63) is 161 Å². The molecule has 22 heteroatoms. The smallest absolute Gasteiger partial charge is 0.389 e. The van der Waals surface area contributed by atoms with Gasteiger partial charge < -0.3 is 49.7 Å². The molecule has 5 aromatic rings. The van der Waals surface area contributed by atoms with Crippen LogP contribution in [0.5, 0.6) is 17.2 Å². The number of carboxylic acids is 2. The topological polar surface area (TPSA) is 244 Å². The maximum atomic E-state index is 13.6. The number of carbonyl (C=O) groups is 7. The zero-order valence-corrected chi connectivity index (χ0v) is 43.9. The minimum atomic E-state index is -4.30. The van der Waals surface area contributed by atoms with Crippen molar-refractivity contribution >= 4 is 65.6 Å². The highest BCUT2D eigenvalue weighted by molar-refractivity contribution is 5.97. The molecular formula is C60H58F6N2O14. The fourth-order valence-electron chi connectivity index (χ4n) is 9.16. The predicted molar refractivity (Wildman–Crippen MR) is 286 cm³/mol. The van der Waals surface area contributed by atoms with E-state index in [0.717, 1.165) is 12.2 Å². The van der Waals surface area contributed by atoms with E-state index in [1.165, 1.54) is 72.8 Å². The van der Waals surface area contributed by atoms with Gasteiger partial charge in [0.15, 0.2) is 0 Å². The van der Waals surface area contributed by atoms with E-state index in [4.69, 9.17) is 29.4 Å². The first-order chi connectivity index (χ1) is 38.9. The van der Waals surface area contributed by atoms with Gasteiger partial charge in [-0.2, -0.15) is 26.3 Å². The van der Waals surface area contributed by atoms with E-state index in [-0.39, 0.29) is 81.3 Å². The zero-order chi connectivity index (χ0) is 59.5. The number of nitrogen functional groups attached to an aromatic ring is 1. The molecule has 1 saturated carbocycles. The van der Waals surface area contributed by atoms with Gasteiger partial charge >= 0.3 is 42.2 Å². The molecule has 0 heterocycles. The van der Waals surface area contributed by atoms with E-state index in [2.05, 4.69) is 5.32 Å². The van der Waals surface area contributed by atoms with Crippen molar-refractivity contribution in [1.29, 1.82) is 0 Å². The lowest BCUT2D eigenvalue weighted by Crippen LogP contribution is -2.38. The van der Waals surface area contributed by atoms with E-state index in [1.54, 1.807) is 60.7 Å². The second-order valence-corrected chi connectivity index (χ2v) is 19.6. The second kappa shape index (κ2) is 29.0. The molecule has 1 amide bonds. The number of nitrogens with one attached hydrogen (secondary N) is 1. The molecule has 1 fully saturated rings. The van der Waals surface area contributed by atoms with Crippen molar-refractivity contribution in [2.75, 3.05) is 37.5 Å². The highest BCUT2D eigenvalue weighted by Crippen LogP contribution is 2.43. The van der Waals surface area contributed by atoms with Crippen molar-refractivity contribution in [2.45, 2.75) is 63.7 Å². The Hall–Kier alpha value is -8.95. The molecule has 0 saturated heterocycles. The summed E-state index contributed by atoms with van der Waals surface area (Å²) in [4.78, 5) is 89.1. The Morgan fingerprint density at radius 3 is 1.54 bits per heavy atom. The van der Waals surface area contributed by atoms with E-state index in [0.29, 0.717) is 40.0 Å². The van der Waals surface area contributed by atoms with Crippen LogP contribution in [0, 0.1) is 29.1 Å². The largest absolute Gasteiger partial charge is 0.494 e. The van der Waals surface area contributed by atoms with Gasteiger partial charge in [-0.1, -0.05) is 48.5 Å². The number of hydrogen-bond donors (Lipinski definition) is 4. The number of alkyl halides is 6. The Balaban J connectivity index is 1.17. The maximum Gasteiger partial charge on any atom is 0.389 e. The Kier molecular flexibility index (Phi) is 22.0. The number of nitrogens with two attached hydrogens (primary N) is 1. The highest BCUT2D eigenvalue weighted by Gasteiger charge is 2.50. The van der Waals surface area contributed by atoms with Crippen LogP contribution >= 0.6 is 0 Å². The van der Waals surface area contributed by atoms with Crippen molar-refractivity contribution < 1.29 is 93.8 Å². The normalized spacial score (nSPS) is 16.9. The lowest BCUT2D eigenvalue weighted by atomic mass is 9.77. The highest BCUT2D eigenvalue weighted by atomic mass is 19.4. The summed E-state index contributed by atoms with van der Waals surface area (Å²) in [5.41, 5.74) is 8.00. The first-order valence-corrected chi connectivity index (χ1v) is 25.7. The molecule has 1 aliphatic carbocycles. The van der Waals surface area contributed by atoms with Gasteiger partial charge in [-0.15, -0.1) is 0 Å². The lowest BCUT2D eigenvalue weighted by Gasteiger charge is -2.33. The summed E-state index contributed by atoms with van der Waals surface area (Å²) >= 11 is 0. The van der Waals surface area contributed by atoms with Gasteiger partial charge in [-0.25, -0.2) is 14.4 Å². The molecule has 82 heavy (non-hydrogen) atoms. The summed E-state index contributed by atoms with van der Waals surface area (Å²) in [6.07, 6.45) is -5.85. The van der Waals surface area contributed by atoms with Gasteiger partial charge in [-0.3, -0.25) is 14.4 Å². The van der Waals surface area contributed by atoms with Crippen LogP contribution < -0.4 is 25.3 Å². The summed E-state index contributed by atoms with van der Waals surface area (Å²) in [6, 6.07) is 31.2. The molecule has 5 N–H and O–H groups in total. The molecule has 0 aromatic heterocycles. The lowest BCUT2D eigenvalue weighted by molar-refractivity contribution is -0.148. The molecule has 5 atom stereocenters. The van der Waals surface area contributed by atoms with Crippen molar-refractivity contribution in [2.24, 2.45) is 29.1 Å². The number of esters is 3. The number of ether oxygens (including phenoxy) is 5. The number of hydrogen-bond acceptors (Lipinski definition) is 13. The quantitative estimate of drug-likeness (QED) is 0.00692. The van der Waals surface area contributed by atoms with Crippen LogP contribution in [0.1, 0.15) is 71.1 Å². The molecule has 6 rings (SSSR count). The summed E-state index contributed by atoms with van der Waals surface area (Å²) in [6.45, 7) is -0.990. The number of benzene rings is 5. The van der Waals surface area contributed by atoms with Gasteiger partial charge in [0.2, 0.25) is 5.91 Å². The number of anilines is 2. The number of aldehydes is 1. The minimum absolute atomic E-state index is 0.0785. The number of carboxylic acid groups (broad SMARTS) is 2. The number of halogens is 6. The van der Waals surface area contributed by atoms with Crippen LogP contribution in [0.25, 0.3) is 12.2 Å². The predicted octanol–water partition coefficient (Wildman–Crippen LogP) is 10.8. The summed E-state index contributed by atoms with van der Waals surface area (Å²) in [7, 11) is 0. The van der Waals surface area contributed by atoms with Gasteiger partial charge in [-0.05, 0) is 145 Å². The molecule has 16 nitrogen and oxygen atoms in total. The third-order valence-electron chi connectivity index (χ3n) is 13.2. The zero-order valence-electron chi connectivity index (χ0n) is 43.9. The standard InChI is InChI=1S/C60H58F6N2O14/c61-59(62,63)27-1-29-78-46-19-7-38(8-20-46)11-25-52(72)80-36-58(33-40-3-15-44(67)16-4-40,34-41-5-17-45(18-6-41)68-55(74)49-31-43(32-51(70)71)50(35-69)54(49)56(75)76)37-81-53(73)26-12-39-9-21-48(22-10-39)82-57(77)42-13-23-47(24-14-42)79-30-2-28-60(64,65)66/h3-26,35,43,49-50,54H,1-2,27-34,36-37,67H2,(H,68,74)(H,70,71)(H,75,76)/b25-11+,26-12+. The molecule has 0 bridgehead atoms. The van der Waals surface area contributed by atoms with E-state index < -0.39 is 96.5 Å². The molecule has 5 unspecified atom stereocenters. The van der Waals surface area contributed by atoms with Gasteiger partial charge in [0.1, 0.15) is 36.7 Å². The monoisotopic (exact) mass is 1140 g/mol. The van der Waals surface area contributed by atoms with Crippen LogP contribution in [-0.2, 0) is 51.1 Å². The van der Waals surface area contributed by atoms with Gasteiger partial charge in [0.25, 0.3) is 0 Å². The van der Waals surface area contributed by atoms with Crippen LogP contribution in [-0.4, -0.2) is 91.0 Å². The van der Waals surface area contributed by atoms with Crippen molar-refractivity contribution in [1.82, 2.24) is 0 Å². The van der Waals surface area contributed by atoms with Gasteiger partial charge in [0.05, 0.1) is 30.6 Å². The first kappa shape index (κ1) is 62.3. The Morgan fingerprint density at radius 2 is 1.09 bits per heavy atom. The Labute approximate surface area is 466 Å². The summed E-state index contributed by atoms with van der Waals surface area (Å²) in [5.74, 6) is -9.64. The van der Waals surface area contributed by atoms with E-state index in [1.807, 2.05) is 0 Å². The first-order valence-electron chi connectivity index (χ1n) is 25.7. The second-order valence-electron chi connectivity index (χ2n) is 19.6. The number of rotatable bonds is 28. The van der Waals surface area contributed by atoms with Crippen LogP contribution in [0.15, 0.2) is 133 Å². The molecule has 434 valence electrons. The molecule has 1 aliphatic rings. The molecule has 5 aromatic carbocycles. The van der Waals surface area contributed by atoms with Crippen molar-refractivity contribution in [3.8, 4) is 17.2 Å². The number of aliphatic carboxylic acids is 2. The number of amides is 1. The minimum Gasteiger partial charge on any atom is -0.494 e. The van der Waals surface area contributed by atoms with Crippen LogP contribution in [0.4, 0.5) is 37.7 Å². The number of carbonyl (C=O) groups excluding carboxylic acids is 5. The van der Waals surface area contributed by atoms with Gasteiger partial charge in [0, 0.05) is 54.1 Å². The SMILES string of the molecule is Nc1ccc(CC(COC(=O)/C=C/c2ccc(OCCCC(F)(F)F)cc2)(COC(=O)/C=C/c2ccc(OC(=O)c3ccc(OCCCC(F)(F)F)cc3)cc2)Cc2ccc(NC(=O)C3CC(CC(=O)O)C(C=O)C3C(=O)O)cc2)cc1. The van der Waals surface area contributed by atoms with E-state index in [9.17, 15) is 70.1 Å². The third kappa shape index (κ3) is 20.3. The summed E-state index contributed by atoms with van der Waals surface area (Å²) in [5, 5.41) is 22.0. The molecule has 0 spiro atoms. The Morgan fingerprint density at radius 1 is 0.622 bits per heavy atom.